The van der Waals surface area contributed by atoms with Crippen molar-refractivity contribution in [3.63, 3.8) is 0 Å². The van der Waals surface area contributed by atoms with Crippen molar-refractivity contribution in [1.29, 1.82) is 0 Å². The Bertz CT molecular complexity index is 1180. The highest BCUT2D eigenvalue weighted by Crippen LogP contribution is 2.36. The van der Waals surface area contributed by atoms with Crippen molar-refractivity contribution in [2.45, 2.75) is 0 Å². The number of benzene rings is 4. The van der Waals surface area contributed by atoms with E-state index < -0.39 is 0 Å². The fourth-order valence-corrected chi connectivity index (χ4v) is 3.27. The van der Waals surface area contributed by atoms with Crippen LogP contribution in [0.4, 0.5) is 4.39 Å². The summed E-state index contributed by atoms with van der Waals surface area (Å²) in [5.74, 6) is -0.207. The lowest BCUT2D eigenvalue weighted by Crippen LogP contribution is -1.80. The molecule has 2 heteroatoms. The molecule has 5 aromatic rings. The summed E-state index contributed by atoms with van der Waals surface area (Å²) in [7, 11) is 0. The van der Waals surface area contributed by atoms with Crippen LogP contribution in [0, 0.1) is 5.82 Å². The van der Waals surface area contributed by atoms with Crippen molar-refractivity contribution < 1.29 is 8.81 Å². The number of hydrogen-bond acceptors (Lipinski definition) is 1. The van der Waals surface area contributed by atoms with Gasteiger partial charge in [-0.3, -0.25) is 0 Å². The molecule has 0 aliphatic rings. The van der Waals surface area contributed by atoms with Gasteiger partial charge in [0.2, 0.25) is 0 Å². The van der Waals surface area contributed by atoms with Gasteiger partial charge in [-0.05, 0) is 57.9 Å². The van der Waals surface area contributed by atoms with E-state index in [1.807, 2.05) is 42.5 Å². The molecular weight excluding hydrogens is 275 g/mol. The van der Waals surface area contributed by atoms with Gasteiger partial charge in [-0.2, -0.15) is 0 Å². The Morgan fingerprint density at radius 1 is 0.636 bits per heavy atom. The molecule has 22 heavy (non-hydrogen) atoms. The Balaban J connectivity index is 2.04. The molecule has 0 fully saturated rings. The van der Waals surface area contributed by atoms with Gasteiger partial charge in [-0.1, -0.05) is 30.3 Å². The second-order valence-electron chi connectivity index (χ2n) is 5.60. The Morgan fingerprint density at radius 2 is 1.50 bits per heavy atom. The molecule has 1 heterocycles. The van der Waals surface area contributed by atoms with Crippen LogP contribution in [0.25, 0.3) is 43.5 Å². The fraction of sp³-hybridized carbons (Fsp3) is 0. The third kappa shape index (κ3) is 1.52. The number of hydrogen-bond donors (Lipinski definition) is 0. The Hall–Kier alpha value is -2.87. The summed E-state index contributed by atoms with van der Waals surface area (Å²) in [6.45, 7) is 0. The van der Waals surface area contributed by atoms with Crippen molar-refractivity contribution in [3.05, 3.63) is 72.5 Å². The van der Waals surface area contributed by atoms with Gasteiger partial charge in [-0.25, -0.2) is 4.39 Å². The quantitative estimate of drug-likeness (QED) is 0.317. The average Bonchev–Trinajstić information content (AvgIpc) is 2.92. The molecule has 0 aliphatic carbocycles. The summed E-state index contributed by atoms with van der Waals surface area (Å²) in [6.07, 6.45) is 0. The maximum Gasteiger partial charge on any atom is 0.136 e. The molecule has 1 nitrogen and oxygen atoms in total. The van der Waals surface area contributed by atoms with Crippen LogP contribution in [0.5, 0.6) is 0 Å². The Morgan fingerprint density at radius 3 is 2.45 bits per heavy atom. The maximum absolute atomic E-state index is 13.4. The Labute approximate surface area is 125 Å². The number of fused-ring (bicyclic) bond motifs is 6. The predicted molar refractivity (Wildman–Crippen MR) is 88.7 cm³/mol. The van der Waals surface area contributed by atoms with Crippen molar-refractivity contribution in [2.24, 2.45) is 0 Å². The van der Waals surface area contributed by atoms with Crippen molar-refractivity contribution in [1.82, 2.24) is 0 Å². The molecule has 1 aromatic heterocycles. The first-order chi connectivity index (χ1) is 10.8. The van der Waals surface area contributed by atoms with Crippen LogP contribution in [0.1, 0.15) is 0 Å². The molecule has 0 radical (unpaired) electrons. The second-order valence-corrected chi connectivity index (χ2v) is 5.60. The average molecular weight is 286 g/mol. The van der Waals surface area contributed by atoms with E-state index in [0.717, 1.165) is 43.5 Å². The molecule has 104 valence electrons. The Kier molecular flexibility index (Phi) is 2.18. The van der Waals surface area contributed by atoms with Crippen LogP contribution in [-0.2, 0) is 0 Å². The lowest BCUT2D eigenvalue weighted by atomic mass is 9.99. The van der Waals surface area contributed by atoms with Crippen molar-refractivity contribution >= 4 is 43.5 Å². The first-order valence-corrected chi connectivity index (χ1v) is 7.23. The second kappa shape index (κ2) is 4.08. The van der Waals surface area contributed by atoms with E-state index in [4.69, 9.17) is 4.42 Å². The highest BCUT2D eigenvalue weighted by Gasteiger charge is 2.10. The summed E-state index contributed by atoms with van der Waals surface area (Å²) < 4.78 is 19.4. The van der Waals surface area contributed by atoms with E-state index in [9.17, 15) is 4.39 Å². The van der Waals surface area contributed by atoms with Gasteiger partial charge in [0.05, 0.1) is 0 Å². The zero-order valence-electron chi connectivity index (χ0n) is 11.6. The van der Waals surface area contributed by atoms with Crippen molar-refractivity contribution in [3.8, 4) is 0 Å². The van der Waals surface area contributed by atoms with E-state index in [2.05, 4.69) is 12.1 Å². The van der Waals surface area contributed by atoms with Crippen LogP contribution in [0.15, 0.2) is 71.1 Å². The molecule has 0 unspecified atom stereocenters. The van der Waals surface area contributed by atoms with Crippen molar-refractivity contribution in [2.75, 3.05) is 0 Å². The number of para-hydroxylation sites is 1. The van der Waals surface area contributed by atoms with E-state index in [1.54, 1.807) is 6.07 Å². The van der Waals surface area contributed by atoms with Gasteiger partial charge in [0.15, 0.2) is 0 Å². The molecule has 0 saturated carbocycles. The molecule has 0 bridgehead atoms. The lowest BCUT2D eigenvalue weighted by molar-refractivity contribution is 0.630. The van der Waals surface area contributed by atoms with Gasteiger partial charge in [0.25, 0.3) is 0 Å². The molecule has 4 aromatic carbocycles. The van der Waals surface area contributed by atoms with Gasteiger partial charge >= 0.3 is 0 Å². The van der Waals surface area contributed by atoms with E-state index in [0.29, 0.717) is 0 Å². The molecule has 0 atom stereocenters. The van der Waals surface area contributed by atoms with Gasteiger partial charge in [0, 0.05) is 10.8 Å². The zero-order chi connectivity index (χ0) is 14.7. The smallest absolute Gasteiger partial charge is 0.136 e. The van der Waals surface area contributed by atoms with Crippen LogP contribution in [-0.4, -0.2) is 0 Å². The first kappa shape index (κ1) is 11.8. The number of furan rings is 1. The van der Waals surface area contributed by atoms with E-state index in [-0.39, 0.29) is 5.82 Å². The van der Waals surface area contributed by atoms with Crippen LogP contribution in [0.2, 0.25) is 0 Å². The summed E-state index contributed by atoms with van der Waals surface area (Å²) in [5, 5.41) is 6.42. The van der Waals surface area contributed by atoms with Crippen LogP contribution < -0.4 is 0 Å². The monoisotopic (exact) mass is 286 g/mol. The fourth-order valence-electron chi connectivity index (χ4n) is 3.27. The topological polar surface area (TPSA) is 13.1 Å². The summed E-state index contributed by atoms with van der Waals surface area (Å²) in [5.41, 5.74) is 1.78. The summed E-state index contributed by atoms with van der Waals surface area (Å²) in [6, 6.07) is 21.1. The predicted octanol–water partition coefficient (Wildman–Crippen LogP) is 6.03. The molecule has 5 rings (SSSR count). The minimum absolute atomic E-state index is 0.207. The maximum atomic E-state index is 13.4. The standard InChI is InChI=1S/C20H11FO/c21-15-7-5-12-11-17-13(9-14(12)10-15)6-8-19-20(17)16-3-1-2-4-18(16)22-19/h1-11H. The number of halogens is 1. The van der Waals surface area contributed by atoms with Crippen LogP contribution in [0.3, 0.4) is 0 Å². The minimum Gasteiger partial charge on any atom is -0.456 e. The summed E-state index contributed by atoms with van der Waals surface area (Å²) in [4.78, 5) is 0. The zero-order valence-corrected chi connectivity index (χ0v) is 11.6. The summed E-state index contributed by atoms with van der Waals surface area (Å²) >= 11 is 0. The lowest BCUT2D eigenvalue weighted by Gasteiger charge is -2.04. The normalized spacial score (nSPS) is 11.9. The van der Waals surface area contributed by atoms with Gasteiger partial charge in [-0.15, -0.1) is 0 Å². The van der Waals surface area contributed by atoms with E-state index >= 15 is 0 Å². The highest BCUT2D eigenvalue weighted by molar-refractivity contribution is 6.20. The van der Waals surface area contributed by atoms with Crippen LogP contribution >= 0.6 is 0 Å². The highest BCUT2D eigenvalue weighted by atomic mass is 19.1. The molecule has 0 spiro atoms. The molecule has 0 amide bonds. The largest absolute Gasteiger partial charge is 0.456 e. The molecule has 0 aliphatic heterocycles. The van der Waals surface area contributed by atoms with Gasteiger partial charge < -0.3 is 4.42 Å². The molecular formula is C20H11FO. The SMILES string of the molecule is Fc1ccc2cc3c(ccc4oc5ccccc5c43)cc2c1. The first-order valence-electron chi connectivity index (χ1n) is 7.23. The third-order valence-corrected chi connectivity index (χ3v) is 4.28. The number of rotatable bonds is 0. The minimum atomic E-state index is -0.207. The molecule has 0 saturated heterocycles. The molecule has 0 N–H and O–H groups in total. The third-order valence-electron chi connectivity index (χ3n) is 4.28. The van der Waals surface area contributed by atoms with E-state index in [1.165, 1.54) is 6.07 Å². The van der Waals surface area contributed by atoms with Gasteiger partial charge in [0.1, 0.15) is 17.0 Å².